The lowest BCUT2D eigenvalue weighted by Crippen LogP contribution is -2.12. The summed E-state index contributed by atoms with van der Waals surface area (Å²) in [5, 5.41) is 0.854. The van der Waals surface area contributed by atoms with Gasteiger partial charge in [0.1, 0.15) is 15.4 Å². The van der Waals surface area contributed by atoms with Gasteiger partial charge in [-0.05, 0) is 61.0 Å². The molecular weight excluding hydrogens is 366 g/mol. The number of hydrogen-bond acceptors (Lipinski definition) is 5. The molecule has 4 aromatic rings. The van der Waals surface area contributed by atoms with Crippen LogP contribution in [0.25, 0.3) is 20.9 Å². The Hall–Kier alpha value is -2.77. The van der Waals surface area contributed by atoms with Crippen LogP contribution in [0, 0.1) is 6.92 Å². The van der Waals surface area contributed by atoms with Crippen LogP contribution in [-0.4, -0.2) is 18.4 Å². The van der Waals surface area contributed by atoms with Crippen LogP contribution >= 0.6 is 11.3 Å². The zero-order chi connectivity index (χ0) is 18.1. The summed E-state index contributed by atoms with van der Waals surface area (Å²) in [7, 11) is -3.61. The molecule has 0 saturated carbocycles. The van der Waals surface area contributed by atoms with Gasteiger partial charge in [0.2, 0.25) is 0 Å². The molecule has 0 radical (unpaired) electrons. The third-order valence-corrected chi connectivity index (χ3v) is 6.26. The molecular formula is C19H15N3O2S2. The molecule has 0 aliphatic heterocycles. The number of rotatable bonds is 4. The lowest BCUT2D eigenvalue weighted by molar-refractivity contribution is 0.601. The number of aromatic nitrogens is 2. The van der Waals surface area contributed by atoms with Crippen LogP contribution in [0.4, 0.5) is 5.69 Å². The van der Waals surface area contributed by atoms with Crippen molar-refractivity contribution in [1.29, 1.82) is 0 Å². The van der Waals surface area contributed by atoms with E-state index in [0.717, 1.165) is 26.5 Å². The molecule has 0 saturated heterocycles. The maximum Gasteiger partial charge on any atom is 0.261 e. The van der Waals surface area contributed by atoms with E-state index < -0.39 is 10.0 Å². The van der Waals surface area contributed by atoms with Crippen LogP contribution in [0.1, 0.15) is 5.56 Å². The SMILES string of the molecule is Cc1cccc(S(=O)(=O)Nc2ccc(-c3nc4cccnc4s3)cc2)c1. The molecule has 0 fully saturated rings. The first-order chi connectivity index (χ1) is 12.5. The molecule has 26 heavy (non-hydrogen) atoms. The van der Waals surface area contributed by atoms with E-state index in [1.807, 2.05) is 37.3 Å². The zero-order valence-corrected chi connectivity index (χ0v) is 15.5. The van der Waals surface area contributed by atoms with Crippen molar-refractivity contribution in [2.75, 3.05) is 4.72 Å². The summed E-state index contributed by atoms with van der Waals surface area (Å²) in [5.74, 6) is 0. The van der Waals surface area contributed by atoms with Crippen molar-refractivity contribution in [1.82, 2.24) is 9.97 Å². The highest BCUT2D eigenvalue weighted by molar-refractivity contribution is 7.92. The number of anilines is 1. The monoisotopic (exact) mass is 381 g/mol. The second kappa shape index (κ2) is 6.51. The van der Waals surface area contributed by atoms with E-state index in [4.69, 9.17) is 0 Å². The zero-order valence-electron chi connectivity index (χ0n) is 13.9. The second-order valence-electron chi connectivity index (χ2n) is 5.85. The van der Waals surface area contributed by atoms with Gasteiger partial charge in [-0.15, -0.1) is 0 Å². The predicted molar refractivity (Wildman–Crippen MR) is 105 cm³/mol. The van der Waals surface area contributed by atoms with E-state index in [2.05, 4.69) is 14.7 Å². The van der Waals surface area contributed by atoms with Crippen molar-refractivity contribution in [3.63, 3.8) is 0 Å². The quantitative estimate of drug-likeness (QED) is 0.566. The molecule has 4 rings (SSSR count). The van der Waals surface area contributed by atoms with Gasteiger partial charge < -0.3 is 0 Å². The summed E-state index contributed by atoms with van der Waals surface area (Å²) < 4.78 is 27.6. The van der Waals surface area contributed by atoms with E-state index in [0.29, 0.717) is 5.69 Å². The molecule has 0 aliphatic carbocycles. The number of hydrogen-bond donors (Lipinski definition) is 1. The van der Waals surface area contributed by atoms with Crippen LogP contribution in [-0.2, 0) is 10.0 Å². The van der Waals surface area contributed by atoms with Crippen molar-refractivity contribution in [3.8, 4) is 10.6 Å². The Balaban J connectivity index is 1.59. The number of benzene rings is 2. The van der Waals surface area contributed by atoms with Gasteiger partial charge in [-0.25, -0.2) is 18.4 Å². The number of fused-ring (bicyclic) bond motifs is 1. The summed E-state index contributed by atoms with van der Waals surface area (Å²) in [6.07, 6.45) is 1.74. The maximum absolute atomic E-state index is 12.5. The van der Waals surface area contributed by atoms with Crippen LogP contribution in [0.3, 0.4) is 0 Å². The molecule has 0 bridgehead atoms. The Bertz CT molecular complexity index is 1150. The highest BCUT2D eigenvalue weighted by Crippen LogP contribution is 2.29. The predicted octanol–water partition coefficient (Wildman–Crippen LogP) is 4.47. The largest absolute Gasteiger partial charge is 0.280 e. The average molecular weight is 381 g/mol. The molecule has 7 heteroatoms. The molecule has 0 aliphatic rings. The van der Waals surface area contributed by atoms with Gasteiger partial charge >= 0.3 is 0 Å². The number of nitrogens with one attached hydrogen (secondary N) is 1. The van der Waals surface area contributed by atoms with Crippen molar-refractivity contribution in [2.24, 2.45) is 0 Å². The Morgan fingerprint density at radius 3 is 2.54 bits per heavy atom. The fraction of sp³-hybridized carbons (Fsp3) is 0.0526. The number of thiazole rings is 1. The minimum Gasteiger partial charge on any atom is -0.280 e. The lowest BCUT2D eigenvalue weighted by atomic mass is 10.2. The molecule has 0 atom stereocenters. The molecule has 0 unspecified atom stereocenters. The van der Waals surface area contributed by atoms with Crippen molar-refractivity contribution >= 4 is 37.4 Å². The minimum atomic E-state index is -3.61. The standard InChI is InChI=1S/C19H15N3O2S2/c1-13-4-2-5-16(12-13)26(23,24)22-15-9-7-14(8-10-15)18-21-17-6-3-11-20-19(17)25-18/h2-12,22H,1H3. The second-order valence-corrected chi connectivity index (χ2v) is 8.51. The van der Waals surface area contributed by atoms with E-state index in [1.165, 1.54) is 11.3 Å². The van der Waals surface area contributed by atoms with E-state index >= 15 is 0 Å². The van der Waals surface area contributed by atoms with Gasteiger partial charge in [-0.3, -0.25) is 4.72 Å². The van der Waals surface area contributed by atoms with Gasteiger partial charge in [0, 0.05) is 17.4 Å². The normalized spacial score (nSPS) is 11.6. The highest BCUT2D eigenvalue weighted by Gasteiger charge is 2.14. The number of nitrogens with zero attached hydrogens (tertiary/aromatic N) is 2. The van der Waals surface area contributed by atoms with Crippen LogP contribution < -0.4 is 4.72 Å². The number of aryl methyl sites for hydroxylation is 1. The minimum absolute atomic E-state index is 0.249. The molecule has 2 heterocycles. The van der Waals surface area contributed by atoms with E-state index in [-0.39, 0.29) is 4.90 Å². The molecule has 0 spiro atoms. The summed E-state index contributed by atoms with van der Waals surface area (Å²) in [5.41, 5.74) is 3.19. The number of pyridine rings is 1. The Kier molecular flexibility index (Phi) is 4.18. The first kappa shape index (κ1) is 16.7. The van der Waals surface area contributed by atoms with E-state index in [1.54, 1.807) is 36.5 Å². The fourth-order valence-electron chi connectivity index (χ4n) is 2.57. The molecule has 1 N–H and O–H groups in total. The van der Waals surface area contributed by atoms with Crippen molar-refractivity contribution < 1.29 is 8.42 Å². The fourth-order valence-corrected chi connectivity index (χ4v) is 4.65. The Morgan fingerprint density at radius 2 is 1.81 bits per heavy atom. The lowest BCUT2D eigenvalue weighted by Gasteiger charge is -2.09. The summed E-state index contributed by atoms with van der Waals surface area (Å²) >= 11 is 1.51. The van der Waals surface area contributed by atoms with Gasteiger partial charge in [-0.1, -0.05) is 23.5 Å². The van der Waals surface area contributed by atoms with Gasteiger partial charge in [0.25, 0.3) is 10.0 Å². The van der Waals surface area contributed by atoms with Gasteiger partial charge in [0.05, 0.1) is 4.90 Å². The number of sulfonamides is 1. The molecule has 2 aromatic carbocycles. The van der Waals surface area contributed by atoms with Crippen LogP contribution in [0.15, 0.2) is 71.8 Å². The Labute approximate surface area is 155 Å². The third-order valence-electron chi connectivity index (χ3n) is 3.85. The summed E-state index contributed by atoms with van der Waals surface area (Å²) in [6.45, 7) is 1.86. The van der Waals surface area contributed by atoms with Crippen LogP contribution in [0.2, 0.25) is 0 Å². The van der Waals surface area contributed by atoms with Crippen molar-refractivity contribution in [3.05, 3.63) is 72.4 Å². The average Bonchev–Trinajstić information content (AvgIpc) is 3.06. The summed E-state index contributed by atoms with van der Waals surface area (Å²) in [6, 6.07) is 17.8. The van der Waals surface area contributed by atoms with E-state index in [9.17, 15) is 8.42 Å². The third kappa shape index (κ3) is 3.31. The topological polar surface area (TPSA) is 72.0 Å². The Morgan fingerprint density at radius 1 is 1.00 bits per heavy atom. The first-order valence-electron chi connectivity index (χ1n) is 7.93. The van der Waals surface area contributed by atoms with Gasteiger partial charge in [-0.2, -0.15) is 0 Å². The summed E-state index contributed by atoms with van der Waals surface area (Å²) in [4.78, 5) is 9.99. The molecule has 0 amide bonds. The first-order valence-corrected chi connectivity index (χ1v) is 10.2. The molecule has 130 valence electrons. The highest BCUT2D eigenvalue weighted by atomic mass is 32.2. The molecule has 5 nitrogen and oxygen atoms in total. The van der Waals surface area contributed by atoms with Crippen LogP contribution in [0.5, 0.6) is 0 Å². The van der Waals surface area contributed by atoms with Gasteiger partial charge in [0.15, 0.2) is 0 Å². The smallest absolute Gasteiger partial charge is 0.261 e. The van der Waals surface area contributed by atoms with Crippen molar-refractivity contribution in [2.45, 2.75) is 11.8 Å². The molecule has 2 aromatic heterocycles. The maximum atomic E-state index is 12.5.